The molecule has 0 radical (unpaired) electrons. The molecule has 6 fully saturated rings. The number of anilines is 9. The molecule has 6 aliphatic heterocycles. The van der Waals surface area contributed by atoms with E-state index in [9.17, 15) is 89.1 Å². The Bertz CT molecular complexity index is 5920. The highest BCUT2D eigenvalue weighted by Gasteiger charge is 2.20. The van der Waals surface area contributed by atoms with Gasteiger partial charge in [-0.3, -0.25) is 0 Å². The zero-order chi connectivity index (χ0) is 104. The average Bonchev–Trinajstić information content (AvgIpc) is 0.972. The summed E-state index contributed by atoms with van der Waals surface area (Å²) in [5, 5.41) is 105. The molecule has 0 atom stereocenters. The predicted octanol–water partition coefficient (Wildman–Crippen LogP) is 7.09. The Morgan fingerprint density at radius 1 is 0.290 bits per heavy atom. The normalized spacial score (nSPS) is 14.2. The quantitative estimate of drug-likeness (QED) is 0.0565. The van der Waals surface area contributed by atoms with Crippen LogP contribution in [0, 0.1) is 0 Å². The first-order chi connectivity index (χ1) is 69.9. The second kappa shape index (κ2) is 58.2. The smallest absolute Gasteiger partial charge is 0.119 e. The van der Waals surface area contributed by atoms with Crippen LogP contribution in [0.3, 0.4) is 0 Å². The first-order valence-electron chi connectivity index (χ1n) is 48.4. The lowest BCUT2D eigenvalue weighted by molar-refractivity contribution is -0.256. The lowest BCUT2D eigenvalue weighted by atomic mass is 10.1. The van der Waals surface area contributed by atoms with Gasteiger partial charge in [-0.1, -0.05) is 154 Å². The summed E-state index contributed by atoms with van der Waals surface area (Å²) in [5.41, 5.74) is 11.8. The third kappa shape index (κ3) is 35.4. The molecule has 31 nitrogen and oxygen atoms in total. The molecule has 33 heteroatoms. The number of likely N-dealkylation sites (N-methyl/N-ethyl adjacent to an activating group) is 1. The summed E-state index contributed by atoms with van der Waals surface area (Å²) in [6.45, 7) is 29.1. The molecule has 0 bridgehead atoms. The molecule has 0 aliphatic carbocycles. The molecular formula is C112H124N11O20S2-9. The Kier molecular flexibility index (Phi) is 45.1. The van der Waals surface area contributed by atoms with Gasteiger partial charge in [0.25, 0.3) is 0 Å². The maximum absolute atomic E-state index is 10.9. The minimum absolute atomic E-state index is 0.203. The van der Waals surface area contributed by atoms with Gasteiger partial charge in [0.1, 0.15) is 6.73 Å². The molecule has 6 heterocycles. The Hall–Kier alpha value is -14.6. The summed E-state index contributed by atoms with van der Waals surface area (Å²) >= 11 is 3.84. The van der Waals surface area contributed by atoms with Crippen molar-refractivity contribution in [3.05, 3.63) is 305 Å². The van der Waals surface area contributed by atoms with Gasteiger partial charge in [-0.05, 0) is 244 Å². The van der Waals surface area contributed by atoms with Crippen LogP contribution < -0.4 is 95.4 Å². The van der Waals surface area contributed by atoms with Gasteiger partial charge in [-0.2, -0.15) is 11.8 Å². The van der Waals surface area contributed by atoms with Crippen LogP contribution >= 0.6 is 23.5 Å². The number of unbranched alkanes of at least 4 members (excludes halogenated alkanes) is 2. The number of benzene rings is 12. The number of hydrogen-bond acceptors (Lipinski definition) is 33. The lowest BCUT2D eigenvalue weighted by Crippen LogP contribution is -2.44. The number of thioether (sulfide) groups is 2. The molecule has 0 aromatic heterocycles. The van der Waals surface area contributed by atoms with Crippen LogP contribution in [0.1, 0.15) is 147 Å². The number of aromatic carboxylic acids is 9. The number of nitrogens with zero attached hydrogens (tertiary/aromatic N) is 10. The molecule has 18 rings (SSSR count). The highest BCUT2D eigenvalue weighted by atomic mass is 32.2. The van der Waals surface area contributed by atoms with Crippen molar-refractivity contribution in [3.8, 4) is 0 Å². The molecule has 0 amide bonds. The summed E-state index contributed by atoms with van der Waals surface area (Å²) in [5.74, 6) is -5.74. The largest absolute Gasteiger partial charge is 0.545 e. The van der Waals surface area contributed by atoms with E-state index in [4.69, 9.17) is 9.47 Å². The molecule has 6 saturated heterocycles. The minimum atomic E-state index is -1.14. The number of rotatable bonds is 26. The summed E-state index contributed by atoms with van der Waals surface area (Å²) in [7, 11) is 6.05. The molecule has 6 aliphatic rings. The van der Waals surface area contributed by atoms with E-state index in [1.807, 2.05) is 144 Å². The van der Waals surface area contributed by atoms with Crippen molar-refractivity contribution in [2.45, 2.75) is 53.4 Å². The second-order valence-electron chi connectivity index (χ2n) is 34.7. The van der Waals surface area contributed by atoms with Crippen molar-refractivity contribution in [2.24, 2.45) is 0 Å². The van der Waals surface area contributed by atoms with Gasteiger partial charge in [-0.25, -0.2) is 0 Å². The van der Waals surface area contributed by atoms with Crippen LogP contribution in [-0.4, -0.2) is 247 Å². The van der Waals surface area contributed by atoms with Gasteiger partial charge >= 0.3 is 0 Å². The number of carboxylic acid groups (broad SMARTS) is 9. The Morgan fingerprint density at radius 2 is 0.559 bits per heavy atom. The number of fused-ring (bicyclic) bond motifs is 3. The molecule has 768 valence electrons. The minimum Gasteiger partial charge on any atom is -0.545 e. The fourth-order valence-electron chi connectivity index (χ4n) is 16.1. The van der Waals surface area contributed by atoms with Gasteiger partial charge in [0.2, 0.25) is 0 Å². The van der Waals surface area contributed by atoms with Crippen LogP contribution in [0.15, 0.2) is 255 Å². The fourth-order valence-corrected chi connectivity index (χ4v) is 18.0. The van der Waals surface area contributed by atoms with E-state index in [-0.39, 0.29) is 50.1 Å². The average molecular weight is 2010 g/mol. The summed E-state index contributed by atoms with van der Waals surface area (Å²) in [6.07, 6.45) is 4.74. The second-order valence-corrected chi connectivity index (χ2v) is 37.0. The topological polar surface area (TPSA) is 424 Å². The predicted molar refractivity (Wildman–Crippen MR) is 560 cm³/mol. The molecular weight excluding hydrogens is 1880 g/mol. The number of carbonyl (C=O) groups excluding carboxylic acids is 9. The van der Waals surface area contributed by atoms with Crippen molar-refractivity contribution >= 4 is 161 Å². The van der Waals surface area contributed by atoms with Crippen molar-refractivity contribution in [2.75, 3.05) is 233 Å². The van der Waals surface area contributed by atoms with E-state index in [0.29, 0.717) is 6.73 Å². The zero-order valence-electron chi connectivity index (χ0n) is 82.9. The van der Waals surface area contributed by atoms with E-state index in [1.54, 1.807) is 140 Å². The Morgan fingerprint density at radius 3 is 0.876 bits per heavy atom. The Labute approximate surface area is 855 Å². The van der Waals surface area contributed by atoms with Crippen LogP contribution in [0.2, 0.25) is 0 Å². The van der Waals surface area contributed by atoms with Crippen molar-refractivity contribution in [1.29, 1.82) is 0 Å². The van der Waals surface area contributed by atoms with Gasteiger partial charge in [0, 0.05) is 200 Å². The van der Waals surface area contributed by atoms with E-state index in [1.165, 1.54) is 31.4 Å². The van der Waals surface area contributed by atoms with Crippen molar-refractivity contribution in [3.63, 3.8) is 0 Å². The first kappa shape index (κ1) is 112. The third-order valence-corrected chi connectivity index (χ3v) is 26.6. The zero-order valence-corrected chi connectivity index (χ0v) is 84.5. The number of carboxylic acids is 9. The molecule has 1 N–H and O–H groups in total. The van der Waals surface area contributed by atoms with Crippen LogP contribution in [0.4, 0.5) is 51.2 Å². The van der Waals surface area contributed by atoms with E-state index in [2.05, 4.69) is 97.5 Å². The lowest BCUT2D eigenvalue weighted by Gasteiger charge is -2.34. The highest BCUT2D eigenvalue weighted by molar-refractivity contribution is 7.99. The summed E-state index contributed by atoms with van der Waals surface area (Å²) in [4.78, 5) is 118. The molecule has 0 spiro atoms. The van der Waals surface area contributed by atoms with E-state index < -0.39 is 53.7 Å². The summed E-state index contributed by atoms with van der Waals surface area (Å²) < 4.78 is 10.4. The number of piperazine rings is 2. The van der Waals surface area contributed by atoms with Crippen molar-refractivity contribution < 1.29 is 98.6 Å². The molecule has 145 heavy (non-hydrogen) atoms. The molecule has 12 aromatic rings. The van der Waals surface area contributed by atoms with Crippen LogP contribution in [-0.2, 0) is 9.47 Å². The number of nitrogens with one attached hydrogen (secondary N) is 1. The molecule has 0 unspecified atom stereocenters. The summed E-state index contributed by atoms with van der Waals surface area (Å²) in [6, 6.07) is 74.2. The number of hydrogen-bond donors (Lipinski definition) is 1. The van der Waals surface area contributed by atoms with Crippen LogP contribution in [0.25, 0.3) is 32.3 Å². The molecule has 0 saturated carbocycles. The number of morpholine rings is 1. The molecule has 12 aromatic carbocycles. The highest BCUT2D eigenvalue weighted by Crippen LogP contribution is 2.30. The fraction of sp³-hybridized carbons (Fsp3) is 0.330. The number of ether oxygens (including phenoxy) is 2. The number of carbonyl (C=O) groups is 9. The SMILES string of the molecule is CCCCN(CCCC)c1ccc2cc(C(=O)[O-])ccc2c1.CCN(CC)c1ccc2cc(C(=O)[O-])ccc2c1.CN(C)c1ccc2cc(C(=O)[O-])ccc2c1.CN1CCN(c2ccc(C(=O)[O-])cc2)CC1.O=C([O-])c1ccc(N2CCNCC2)cc1.O=C([O-])c1ccc(N2CCOC2)cc1.O=C([O-])c1ccc(N2CCOCC2)cc1.O=C([O-])c1ccc(N2CCSC2)cc1.O=C([O-])c1ccc(N2CCSCC2)cc1. The standard InChI is InChI=1S/C19H25NO2.C15H17NO2.C13H13NO2.C12H16N2O2.C11H14N2O2.C11H13NO3.C11H13NO2S.C10H11NO3.C10H11NO2S/c1-3-5-11-20(12-6-4-2)18-10-9-15-13-17(19(21)22)8-7-16(15)14-18;1-3-16(4-2)14-8-7-11-9-13(15(17)18)6-5-12(11)10-14;1-14(2)12-6-5-9-7-11(13(15)16)4-3-10(9)8-12;1-13-6-8-14(9-7-13)11-4-2-10(3-5-11)12(15)16;14-11(15)9-1-3-10(4-2-9)13-7-5-12-6-8-13;2*13-11(14)9-1-3-10(4-2-9)12-5-7-15-8-6-12;2*12-10(13)8-1-3-9(4-2-8)11-5-6-14-7-11/h7-10,13-14H,3-6,11-12H2,1-2H3,(H,21,22);5-10H,3-4H2,1-2H3,(H,17,18);3-8H,1-2H3,(H,15,16);2-5H,6-9H2,1H3,(H,15,16);1-4,12H,5-8H2,(H,14,15);2*1-4H,5-8H2,(H,13,14);2*1-4H,5-7H2,(H,12,13)/p-9. The van der Waals surface area contributed by atoms with E-state index in [0.717, 1.165) is 239 Å². The van der Waals surface area contributed by atoms with E-state index >= 15 is 0 Å². The maximum Gasteiger partial charge on any atom is 0.119 e. The van der Waals surface area contributed by atoms with Gasteiger partial charge in [-0.15, -0.1) is 11.8 Å². The van der Waals surface area contributed by atoms with Gasteiger partial charge < -0.3 is 153 Å². The Balaban J connectivity index is 0.000000168. The maximum atomic E-state index is 10.9. The van der Waals surface area contributed by atoms with Crippen molar-refractivity contribution in [1.82, 2.24) is 10.2 Å². The first-order valence-corrected chi connectivity index (χ1v) is 50.7. The monoisotopic (exact) mass is 2010 g/mol. The van der Waals surface area contributed by atoms with Crippen LogP contribution in [0.5, 0.6) is 0 Å². The third-order valence-electron chi connectivity index (χ3n) is 24.7. The van der Waals surface area contributed by atoms with Gasteiger partial charge in [0.05, 0.1) is 79.4 Å². The van der Waals surface area contributed by atoms with Gasteiger partial charge in [0.15, 0.2) is 0 Å².